The minimum Gasteiger partial charge on any atom is -0.349 e. The summed E-state index contributed by atoms with van der Waals surface area (Å²) in [5.74, 6) is -2.21. The molecule has 1 aliphatic heterocycles. The van der Waals surface area contributed by atoms with Crippen LogP contribution in [0.25, 0.3) is 0 Å². The Kier molecular flexibility index (Phi) is 5.84. The molecule has 0 radical (unpaired) electrons. The highest BCUT2D eigenvalue weighted by atomic mass is 19.1. The smallest absolute Gasteiger partial charge is 0.253 e. The third-order valence-electron chi connectivity index (χ3n) is 4.48. The molecule has 2 aromatic rings. The van der Waals surface area contributed by atoms with Crippen molar-refractivity contribution >= 4 is 29.1 Å². The summed E-state index contributed by atoms with van der Waals surface area (Å²) in [7, 11) is 0. The van der Waals surface area contributed by atoms with Gasteiger partial charge in [-0.05, 0) is 24.3 Å². The molecule has 0 unspecified atom stereocenters. The summed E-state index contributed by atoms with van der Waals surface area (Å²) >= 11 is 0. The van der Waals surface area contributed by atoms with Crippen LogP contribution < -0.4 is 15.5 Å². The molecular formula is C21H20FN3O3. The average Bonchev–Trinajstić information content (AvgIpc) is 3.08. The van der Waals surface area contributed by atoms with Crippen LogP contribution in [0.5, 0.6) is 0 Å². The third kappa shape index (κ3) is 4.09. The molecule has 1 saturated heterocycles. The predicted octanol–water partition coefficient (Wildman–Crippen LogP) is 2.73. The van der Waals surface area contributed by atoms with Crippen molar-refractivity contribution in [3.8, 4) is 0 Å². The molecule has 0 bridgehead atoms. The molecule has 2 N–H and O–H groups in total. The van der Waals surface area contributed by atoms with Crippen LogP contribution in [0, 0.1) is 11.7 Å². The summed E-state index contributed by atoms with van der Waals surface area (Å²) in [6, 6.07) is 12.6. The maximum Gasteiger partial charge on any atom is 0.253 e. The zero-order valence-corrected chi connectivity index (χ0v) is 15.2. The van der Waals surface area contributed by atoms with Crippen molar-refractivity contribution in [2.45, 2.75) is 6.42 Å². The van der Waals surface area contributed by atoms with E-state index in [1.165, 1.54) is 23.1 Å². The van der Waals surface area contributed by atoms with E-state index in [-0.39, 0.29) is 30.5 Å². The third-order valence-corrected chi connectivity index (χ3v) is 4.48. The van der Waals surface area contributed by atoms with Gasteiger partial charge in [-0.15, -0.1) is 6.58 Å². The van der Waals surface area contributed by atoms with Crippen LogP contribution in [0.3, 0.4) is 0 Å². The highest BCUT2D eigenvalue weighted by Gasteiger charge is 2.36. The Morgan fingerprint density at radius 1 is 1.18 bits per heavy atom. The number of carbonyl (C=O) groups is 3. The molecule has 0 spiro atoms. The van der Waals surface area contributed by atoms with E-state index in [1.807, 2.05) is 0 Å². The molecule has 144 valence electrons. The van der Waals surface area contributed by atoms with Crippen LogP contribution in [0.4, 0.5) is 15.8 Å². The lowest BCUT2D eigenvalue weighted by molar-refractivity contribution is -0.122. The fourth-order valence-corrected chi connectivity index (χ4v) is 3.07. The molecule has 3 amide bonds. The SMILES string of the molecule is C=CCNC(=O)c1ccccc1NC(=O)[C@@H]1CC(=O)N(c2ccccc2F)C1. The van der Waals surface area contributed by atoms with E-state index in [0.29, 0.717) is 17.8 Å². The van der Waals surface area contributed by atoms with Crippen LogP contribution >= 0.6 is 0 Å². The van der Waals surface area contributed by atoms with E-state index < -0.39 is 17.6 Å². The molecule has 0 aromatic heterocycles. The zero-order valence-electron chi connectivity index (χ0n) is 15.2. The minimum absolute atomic E-state index is 0.0228. The van der Waals surface area contributed by atoms with Crippen LogP contribution in [-0.2, 0) is 9.59 Å². The number of nitrogens with zero attached hydrogens (tertiary/aromatic N) is 1. The van der Waals surface area contributed by atoms with Crippen LogP contribution in [0.1, 0.15) is 16.8 Å². The lowest BCUT2D eigenvalue weighted by Gasteiger charge is -2.17. The van der Waals surface area contributed by atoms with E-state index in [9.17, 15) is 18.8 Å². The van der Waals surface area contributed by atoms with Crippen LogP contribution in [-0.4, -0.2) is 30.8 Å². The summed E-state index contributed by atoms with van der Waals surface area (Å²) in [6.45, 7) is 3.93. The van der Waals surface area contributed by atoms with E-state index in [2.05, 4.69) is 17.2 Å². The summed E-state index contributed by atoms with van der Waals surface area (Å²) in [4.78, 5) is 38.5. The summed E-state index contributed by atoms with van der Waals surface area (Å²) < 4.78 is 14.0. The Balaban J connectivity index is 1.73. The van der Waals surface area contributed by atoms with Gasteiger partial charge in [-0.1, -0.05) is 30.3 Å². The van der Waals surface area contributed by atoms with E-state index in [0.717, 1.165) is 0 Å². The van der Waals surface area contributed by atoms with Gasteiger partial charge in [-0.3, -0.25) is 14.4 Å². The Morgan fingerprint density at radius 3 is 2.64 bits per heavy atom. The van der Waals surface area contributed by atoms with Gasteiger partial charge in [0.15, 0.2) is 0 Å². The largest absolute Gasteiger partial charge is 0.349 e. The standard InChI is InChI=1S/C21H20FN3O3/c1-2-11-23-21(28)15-7-3-5-9-17(15)24-20(27)14-12-19(26)25(13-14)18-10-6-4-8-16(18)22/h2-10,14H,1,11-13H2,(H,23,28)(H,24,27)/t14-/m1/s1. The molecule has 28 heavy (non-hydrogen) atoms. The molecule has 1 fully saturated rings. The van der Waals surface area contributed by atoms with Crippen molar-refractivity contribution in [3.05, 3.63) is 72.6 Å². The zero-order chi connectivity index (χ0) is 20.1. The molecular weight excluding hydrogens is 361 g/mol. The summed E-state index contributed by atoms with van der Waals surface area (Å²) in [5, 5.41) is 5.38. The van der Waals surface area contributed by atoms with Gasteiger partial charge in [0, 0.05) is 19.5 Å². The highest BCUT2D eigenvalue weighted by Crippen LogP contribution is 2.28. The minimum atomic E-state index is -0.642. The first kappa shape index (κ1) is 19.3. The first-order valence-corrected chi connectivity index (χ1v) is 8.85. The second-order valence-electron chi connectivity index (χ2n) is 6.39. The molecule has 2 aromatic carbocycles. The predicted molar refractivity (Wildman–Crippen MR) is 104 cm³/mol. The Hall–Kier alpha value is -3.48. The quantitative estimate of drug-likeness (QED) is 0.756. The van der Waals surface area contributed by atoms with Gasteiger partial charge in [0.25, 0.3) is 5.91 Å². The Morgan fingerprint density at radius 2 is 1.89 bits per heavy atom. The second kappa shape index (κ2) is 8.47. The van der Waals surface area contributed by atoms with Crippen LogP contribution in [0.2, 0.25) is 0 Å². The molecule has 0 saturated carbocycles. The lowest BCUT2D eigenvalue weighted by Crippen LogP contribution is -2.30. The van der Waals surface area contributed by atoms with Gasteiger partial charge in [0.1, 0.15) is 5.82 Å². The molecule has 7 heteroatoms. The number of rotatable bonds is 6. The van der Waals surface area contributed by atoms with Crippen LogP contribution in [0.15, 0.2) is 61.2 Å². The molecule has 3 rings (SSSR count). The Bertz CT molecular complexity index is 929. The number of hydrogen-bond acceptors (Lipinski definition) is 3. The molecule has 1 heterocycles. The number of hydrogen-bond donors (Lipinski definition) is 2. The first-order valence-electron chi connectivity index (χ1n) is 8.85. The van der Waals surface area contributed by atoms with Gasteiger partial charge in [-0.2, -0.15) is 0 Å². The number of amides is 3. The van der Waals surface area contributed by atoms with Crippen molar-refractivity contribution in [1.82, 2.24) is 5.32 Å². The van der Waals surface area contributed by atoms with E-state index in [1.54, 1.807) is 36.4 Å². The number of carbonyl (C=O) groups excluding carboxylic acids is 3. The van der Waals surface area contributed by atoms with Gasteiger partial charge >= 0.3 is 0 Å². The van der Waals surface area contributed by atoms with Gasteiger partial charge in [-0.25, -0.2) is 4.39 Å². The summed E-state index contributed by atoms with van der Waals surface area (Å²) in [5.41, 5.74) is 0.825. The van der Waals surface area contributed by atoms with Crippen molar-refractivity contribution in [1.29, 1.82) is 0 Å². The monoisotopic (exact) mass is 381 g/mol. The lowest BCUT2D eigenvalue weighted by atomic mass is 10.1. The first-order chi connectivity index (χ1) is 13.5. The van der Waals surface area contributed by atoms with E-state index in [4.69, 9.17) is 0 Å². The molecule has 1 atom stereocenters. The molecule has 1 aliphatic rings. The Labute approximate surface area is 162 Å². The summed E-state index contributed by atoms with van der Waals surface area (Å²) in [6.07, 6.45) is 1.53. The maximum absolute atomic E-state index is 14.0. The second-order valence-corrected chi connectivity index (χ2v) is 6.39. The van der Waals surface area contributed by atoms with Crippen molar-refractivity contribution < 1.29 is 18.8 Å². The van der Waals surface area contributed by atoms with Crippen molar-refractivity contribution in [3.63, 3.8) is 0 Å². The number of halogens is 1. The number of para-hydroxylation sites is 2. The van der Waals surface area contributed by atoms with Crippen molar-refractivity contribution in [2.75, 3.05) is 23.3 Å². The number of nitrogens with one attached hydrogen (secondary N) is 2. The van der Waals surface area contributed by atoms with E-state index >= 15 is 0 Å². The van der Waals surface area contributed by atoms with Gasteiger partial charge in [0.05, 0.1) is 22.9 Å². The van der Waals surface area contributed by atoms with Crippen molar-refractivity contribution in [2.24, 2.45) is 5.92 Å². The molecule has 6 nitrogen and oxygen atoms in total. The fraction of sp³-hybridized carbons (Fsp3) is 0.190. The topological polar surface area (TPSA) is 78.5 Å². The highest BCUT2D eigenvalue weighted by molar-refractivity contribution is 6.07. The normalized spacial score (nSPS) is 16.0. The maximum atomic E-state index is 14.0. The fourth-order valence-electron chi connectivity index (χ4n) is 3.07. The van der Waals surface area contributed by atoms with Gasteiger partial charge < -0.3 is 15.5 Å². The number of benzene rings is 2. The number of anilines is 2. The average molecular weight is 381 g/mol. The molecule has 0 aliphatic carbocycles. The van der Waals surface area contributed by atoms with Gasteiger partial charge in [0.2, 0.25) is 11.8 Å².